The molecule has 1 heterocycles. The van der Waals surface area contributed by atoms with Gasteiger partial charge in [0.05, 0.1) is 5.56 Å². The lowest BCUT2D eigenvalue weighted by Gasteiger charge is -1.98. The van der Waals surface area contributed by atoms with Crippen LogP contribution >= 0.6 is 0 Å². The van der Waals surface area contributed by atoms with Crippen LogP contribution < -0.4 is 5.73 Å². The molecule has 0 saturated heterocycles. The molecule has 0 unspecified atom stereocenters. The van der Waals surface area contributed by atoms with E-state index in [-0.39, 0.29) is 0 Å². The number of carbonyl (C=O) groups is 1. The number of aromatic nitrogens is 1. The topological polar surface area (TPSA) is 58.9 Å². The molecule has 1 aromatic heterocycles. The average molecular weight is 210 g/mol. The predicted octanol–water partition coefficient (Wildman–Crippen LogP) is 2.42. The van der Waals surface area contributed by atoms with Crippen LogP contribution in [0.1, 0.15) is 10.4 Å². The first-order valence-corrected chi connectivity index (χ1v) is 5.05. The van der Waals surface area contributed by atoms with Gasteiger partial charge in [-0.3, -0.25) is 4.79 Å². The van der Waals surface area contributed by atoms with Gasteiger partial charge in [0.15, 0.2) is 0 Å². The van der Waals surface area contributed by atoms with E-state index >= 15 is 0 Å². The second kappa shape index (κ2) is 3.10. The van der Waals surface area contributed by atoms with Gasteiger partial charge in [-0.15, -0.1) is 0 Å². The molecule has 3 heteroatoms. The van der Waals surface area contributed by atoms with Crippen molar-refractivity contribution in [2.45, 2.75) is 0 Å². The number of carbonyl (C=O) groups excluding carboxylic acids is 1. The Balaban J connectivity index is 2.45. The van der Waals surface area contributed by atoms with Crippen LogP contribution in [0.3, 0.4) is 0 Å². The number of primary amides is 1. The Labute approximate surface area is 91.9 Å². The van der Waals surface area contributed by atoms with Crippen LogP contribution in [-0.2, 0) is 0 Å². The highest BCUT2D eigenvalue weighted by atomic mass is 16.1. The van der Waals surface area contributed by atoms with Crippen molar-refractivity contribution in [3.63, 3.8) is 0 Å². The highest BCUT2D eigenvalue weighted by molar-refractivity contribution is 6.09. The molecule has 2 aromatic carbocycles. The molecule has 16 heavy (non-hydrogen) atoms. The smallest absolute Gasteiger partial charge is 0.250 e. The van der Waals surface area contributed by atoms with Crippen LogP contribution in [0.25, 0.3) is 21.7 Å². The van der Waals surface area contributed by atoms with Gasteiger partial charge in [-0.25, -0.2) is 0 Å². The number of hydrogen-bond acceptors (Lipinski definition) is 1. The van der Waals surface area contributed by atoms with E-state index in [0.29, 0.717) is 5.56 Å². The predicted molar refractivity (Wildman–Crippen MR) is 64.3 cm³/mol. The van der Waals surface area contributed by atoms with Gasteiger partial charge in [0.25, 0.3) is 5.91 Å². The number of hydrogen-bond donors (Lipinski definition) is 2. The van der Waals surface area contributed by atoms with Crippen molar-refractivity contribution in [1.29, 1.82) is 0 Å². The van der Waals surface area contributed by atoms with Gasteiger partial charge in [0, 0.05) is 17.1 Å². The van der Waals surface area contributed by atoms with Crippen molar-refractivity contribution in [3.8, 4) is 0 Å². The number of nitrogens with one attached hydrogen (secondary N) is 1. The Bertz CT molecular complexity index is 697. The summed E-state index contributed by atoms with van der Waals surface area (Å²) >= 11 is 0. The van der Waals surface area contributed by atoms with E-state index in [1.165, 1.54) is 0 Å². The van der Waals surface area contributed by atoms with E-state index in [4.69, 9.17) is 5.73 Å². The van der Waals surface area contributed by atoms with Crippen molar-refractivity contribution in [1.82, 2.24) is 4.98 Å². The fraction of sp³-hybridized carbons (Fsp3) is 0. The minimum Gasteiger partial charge on any atom is -0.366 e. The highest BCUT2D eigenvalue weighted by Gasteiger charge is 2.08. The van der Waals surface area contributed by atoms with Gasteiger partial charge >= 0.3 is 0 Å². The molecule has 0 saturated carbocycles. The fourth-order valence-electron chi connectivity index (χ4n) is 2.01. The second-order valence-electron chi connectivity index (χ2n) is 3.81. The maximum atomic E-state index is 11.2. The Morgan fingerprint density at radius 1 is 1.12 bits per heavy atom. The Hall–Kier alpha value is -2.29. The standard InChI is InChI=1S/C13H10N2O/c14-13(16)11-7-15-12-6-9-4-2-1-3-8(9)5-10(11)12/h1-7,15H,(H2,14,16). The normalized spacial score (nSPS) is 11.0. The van der Waals surface area contributed by atoms with Gasteiger partial charge < -0.3 is 10.7 Å². The van der Waals surface area contributed by atoms with Crippen molar-refractivity contribution in [3.05, 3.63) is 48.2 Å². The SMILES string of the molecule is NC(=O)c1c[nH]c2cc3ccccc3cc12. The van der Waals surface area contributed by atoms with Crippen molar-refractivity contribution >= 4 is 27.6 Å². The number of aromatic amines is 1. The van der Waals surface area contributed by atoms with Gasteiger partial charge in [-0.05, 0) is 22.9 Å². The highest BCUT2D eigenvalue weighted by Crippen LogP contribution is 2.24. The van der Waals surface area contributed by atoms with Gasteiger partial charge in [-0.2, -0.15) is 0 Å². The molecule has 0 aliphatic rings. The average Bonchev–Trinajstić information content (AvgIpc) is 2.68. The fourth-order valence-corrected chi connectivity index (χ4v) is 2.01. The lowest BCUT2D eigenvalue weighted by Crippen LogP contribution is -2.09. The molecule has 0 atom stereocenters. The lowest BCUT2D eigenvalue weighted by atomic mass is 10.1. The Morgan fingerprint density at radius 3 is 2.50 bits per heavy atom. The number of benzene rings is 2. The number of rotatable bonds is 1. The maximum absolute atomic E-state index is 11.2. The van der Waals surface area contributed by atoms with E-state index in [9.17, 15) is 4.79 Å². The molecular weight excluding hydrogens is 200 g/mol. The first-order valence-electron chi connectivity index (χ1n) is 5.05. The largest absolute Gasteiger partial charge is 0.366 e. The van der Waals surface area contributed by atoms with Crippen molar-refractivity contribution in [2.24, 2.45) is 5.73 Å². The molecule has 3 nitrogen and oxygen atoms in total. The molecule has 1 amide bonds. The summed E-state index contributed by atoms with van der Waals surface area (Å²) in [5, 5.41) is 3.14. The van der Waals surface area contributed by atoms with E-state index in [0.717, 1.165) is 21.7 Å². The van der Waals surface area contributed by atoms with Crippen LogP contribution in [0, 0.1) is 0 Å². The summed E-state index contributed by atoms with van der Waals surface area (Å²) in [5.41, 5.74) is 6.79. The summed E-state index contributed by atoms with van der Waals surface area (Å²) in [6.07, 6.45) is 1.66. The lowest BCUT2D eigenvalue weighted by molar-refractivity contribution is 0.100. The molecule has 3 N–H and O–H groups in total. The zero-order chi connectivity index (χ0) is 11.1. The monoisotopic (exact) mass is 210 g/mol. The van der Waals surface area contributed by atoms with E-state index in [1.807, 2.05) is 36.4 Å². The van der Waals surface area contributed by atoms with Crippen LogP contribution in [0.4, 0.5) is 0 Å². The van der Waals surface area contributed by atoms with Gasteiger partial charge in [0.1, 0.15) is 0 Å². The van der Waals surface area contributed by atoms with E-state index in [2.05, 4.69) is 4.98 Å². The van der Waals surface area contributed by atoms with Crippen LogP contribution in [0.2, 0.25) is 0 Å². The molecule has 0 bridgehead atoms. The van der Waals surface area contributed by atoms with E-state index in [1.54, 1.807) is 6.20 Å². The second-order valence-corrected chi connectivity index (χ2v) is 3.81. The number of H-pyrrole nitrogens is 1. The summed E-state index contributed by atoms with van der Waals surface area (Å²) in [6, 6.07) is 12.0. The quantitative estimate of drug-likeness (QED) is 0.636. The molecule has 0 aliphatic heterocycles. The third-order valence-corrected chi connectivity index (χ3v) is 2.81. The zero-order valence-electron chi connectivity index (χ0n) is 8.53. The van der Waals surface area contributed by atoms with Crippen molar-refractivity contribution < 1.29 is 4.79 Å². The third-order valence-electron chi connectivity index (χ3n) is 2.81. The molecule has 0 fully saturated rings. The zero-order valence-corrected chi connectivity index (χ0v) is 8.53. The molecule has 3 aromatic rings. The summed E-state index contributed by atoms with van der Waals surface area (Å²) in [7, 11) is 0. The first-order chi connectivity index (χ1) is 7.75. The summed E-state index contributed by atoms with van der Waals surface area (Å²) < 4.78 is 0. The number of fused-ring (bicyclic) bond motifs is 2. The van der Waals surface area contributed by atoms with Gasteiger partial charge in [-0.1, -0.05) is 24.3 Å². The first kappa shape index (κ1) is 8.97. The third kappa shape index (κ3) is 1.18. The minimum atomic E-state index is -0.401. The number of amides is 1. The van der Waals surface area contributed by atoms with E-state index < -0.39 is 5.91 Å². The molecule has 3 rings (SSSR count). The Kier molecular flexibility index (Phi) is 1.74. The van der Waals surface area contributed by atoms with Crippen LogP contribution in [0.15, 0.2) is 42.6 Å². The molecular formula is C13H10N2O. The summed E-state index contributed by atoms with van der Waals surface area (Å²) in [4.78, 5) is 14.3. The molecule has 0 radical (unpaired) electrons. The summed E-state index contributed by atoms with van der Waals surface area (Å²) in [5.74, 6) is -0.401. The maximum Gasteiger partial charge on any atom is 0.250 e. The van der Waals surface area contributed by atoms with Crippen molar-refractivity contribution in [2.75, 3.05) is 0 Å². The van der Waals surface area contributed by atoms with Crippen LogP contribution in [0.5, 0.6) is 0 Å². The van der Waals surface area contributed by atoms with Gasteiger partial charge in [0.2, 0.25) is 0 Å². The Morgan fingerprint density at radius 2 is 1.81 bits per heavy atom. The molecule has 0 spiro atoms. The number of nitrogens with two attached hydrogens (primary N) is 1. The molecule has 0 aliphatic carbocycles. The minimum absolute atomic E-state index is 0.401. The van der Waals surface area contributed by atoms with Crippen LogP contribution in [-0.4, -0.2) is 10.9 Å². The summed E-state index contributed by atoms with van der Waals surface area (Å²) in [6.45, 7) is 0. The molecule has 78 valence electrons.